The van der Waals surface area contributed by atoms with Gasteiger partial charge in [-0.05, 0) is 23.8 Å². The van der Waals surface area contributed by atoms with E-state index in [1.165, 1.54) is 11.7 Å². The molecule has 0 bridgehead atoms. The van der Waals surface area contributed by atoms with Gasteiger partial charge in [-0.3, -0.25) is 14.8 Å². The lowest BCUT2D eigenvalue weighted by atomic mass is 10.00. The van der Waals surface area contributed by atoms with Crippen LogP contribution in [0.5, 0.6) is 5.88 Å². The number of aromatic nitrogens is 4. The second kappa shape index (κ2) is 11.0. The quantitative estimate of drug-likeness (QED) is 0.276. The Balaban J connectivity index is 2.02. The summed E-state index contributed by atoms with van der Waals surface area (Å²) in [5.41, 5.74) is 9.91. The molecule has 0 unspecified atom stereocenters. The van der Waals surface area contributed by atoms with Gasteiger partial charge in [0.2, 0.25) is 18.2 Å². The number of aliphatic hydroxyl groups excluding tert-OH is 1. The number of hydrogen-bond donors (Lipinski definition) is 2. The monoisotopic (exact) mass is 505 g/mol. The Labute approximate surface area is 212 Å². The van der Waals surface area contributed by atoms with Crippen molar-refractivity contribution < 1.29 is 14.6 Å². The number of hydrogen-bond acceptors (Lipinski definition) is 9. The lowest BCUT2D eigenvalue weighted by Gasteiger charge is -2.18. The Morgan fingerprint density at radius 2 is 1.92 bits per heavy atom. The highest BCUT2D eigenvalue weighted by Crippen LogP contribution is 2.30. The summed E-state index contributed by atoms with van der Waals surface area (Å²) in [4.78, 5) is 25.3. The van der Waals surface area contributed by atoms with Gasteiger partial charge in [0.15, 0.2) is 5.49 Å². The van der Waals surface area contributed by atoms with Crippen LogP contribution in [0.4, 0.5) is 5.95 Å². The van der Waals surface area contributed by atoms with Crippen molar-refractivity contribution in [2.75, 3.05) is 19.9 Å². The zero-order valence-electron chi connectivity index (χ0n) is 19.7. The number of pyridine rings is 2. The van der Waals surface area contributed by atoms with E-state index in [2.05, 4.69) is 15.0 Å². The highest BCUT2D eigenvalue weighted by molar-refractivity contribution is 6.30. The number of nitrogens with zero attached hydrogens (tertiary/aromatic N) is 6. The van der Waals surface area contributed by atoms with Crippen molar-refractivity contribution in [1.82, 2.24) is 24.5 Å². The average Bonchev–Trinajstić information content (AvgIpc) is 2.90. The molecule has 4 rings (SSSR count). The molecular formula is C25H24ClN7O3. The maximum absolute atomic E-state index is 12.2. The maximum Gasteiger partial charge on any atom is 0.222 e. The van der Waals surface area contributed by atoms with Gasteiger partial charge in [0.05, 0.1) is 47.9 Å². The normalized spacial score (nSPS) is 11.4. The first-order chi connectivity index (χ1) is 17.4. The Morgan fingerprint density at radius 3 is 2.56 bits per heavy atom. The number of ether oxygens (including phenoxy) is 1. The molecule has 1 aromatic carbocycles. The van der Waals surface area contributed by atoms with Gasteiger partial charge in [0.25, 0.3) is 0 Å². The lowest BCUT2D eigenvalue weighted by Crippen LogP contribution is -2.31. The molecule has 0 aliphatic carbocycles. The topological polar surface area (TPSA) is 132 Å². The fourth-order valence-electron chi connectivity index (χ4n) is 3.65. The standard InChI is InChI=1S/C25H24ClN7O3/c1-32(13-19-9-8-18(26)12-28-19)31-24-22(17-10-20(14-34)29-21(11-17)36-2)23(16-6-4-3-5-7-16)30-25(27)33(24)15-35/h3-12,15,34H,13-14H2,1-2H3,(H2,27,30)/b31-24-. The molecule has 36 heavy (non-hydrogen) atoms. The van der Waals surface area contributed by atoms with E-state index < -0.39 is 0 Å². The molecule has 0 spiro atoms. The molecule has 0 aliphatic heterocycles. The Hall–Kier alpha value is -4.28. The number of rotatable bonds is 8. The fraction of sp³-hybridized carbons (Fsp3) is 0.160. The fourth-order valence-corrected chi connectivity index (χ4v) is 3.77. The SMILES string of the molecule is COc1cc(-c2c(-c3ccccc3)nc(N)n(C=O)/c2=N\N(C)Cc2ccc(Cl)cn2)cc(CO)n1. The maximum atomic E-state index is 12.2. The number of anilines is 1. The Kier molecular flexibility index (Phi) is 7.57. The lowest BCUT2D eigenvalue weighted by molar-refractivity contribution is 0.274. The number of nitrogens with two attached hydrogens (primary N) is 1. The molecule has 184 valence electrons. The molecule has 0 aliphatic rings. The van der Waals surface area contributed by atoms with Crippen LogP contribution in [0.25, 0.3) is 22.4 Å². The molecule has 10 nitrogen and oxygen atoms in total. The summed E-state index contributed by atoms with van der Waals surface area (Å²) >= 11 is 5.95. The molecule has 0 atom stereocenters. The largest absolute Gasteiger partial charge is 0.481 e. The summed E-state index contributed by atoms with van der Waals surface area (Å²) in [5, 5.41) is 16.7. The van der Waals surface area contributed by atoms with Crippen molar-refractivity contribution in [2.24, 2.45) is 5.10 Å². The van der Waals surface area contributed by atoms with Gasteiger partial charge in [-0.25, -0.2) is 14.5 Å². The zero-order chi connectivity index (χ0) is 25.7. The van der Waals surface area contributed by atoms with Gasteiger partial charge in [-0.15, -0.1) is 0 Å². The zero-order valence-corrected chi connectivity index (χ0v) is 20.4. The molecule has 11 heteroatoms. The molecular weight excluding hydrogens is 482 g/mol. The van der Waals surface area contributed by atoms with Crippen molar-refractivity contribution in [3.63, 3.8) is 0 Å². The van der Waals surface area contributed by atoms with Gasteiger partial charge in [-0.2, -0.15) is 5.10 Å². The van der Waals surface area contributed by atoms with E-state index in [1.807, 2.05) is 30.3 Å². The van der Waals surface area contributed by atoms with Crippen molar-refractivity contribution >= 4 is 24.0 Å². The highest BCUT2D eigenvalue weighted by atomic mass is 35.5. The summed E-state index contributed by atoms with van der Waals surface area (Å²) in [7, 11) is 3.23. The number of benzene rings is 1. The number of methoxy groups -OCH3 is 1. The molecule has 0 fully saturated rings. The molecule has 0 saturated carbocycles. The third-order valence-electron chi connectivity index (χ3n) is 5.27. The predicted octanol–water partition coefficient (Wildman–Crippen LogP) is 2.73. The number of carbonyl (C=O) groups is 1. The van der Waals surface area contributed by atoms with Crippen LogP contribution in [0.2, 0.25) is 5.02 Å². The van der Waals surface area contributed by atoms with Gasteiger partial charge in [-0.1, -0.05) is 41.9 Å². The van der Waals surface area contributed by atoms with Crippen molar-refractivity contribution in [2.45, 2.75) is 13.2 Å². The summed E-state index contributed by atoms with van der Waals surface area (Å²) in [5.74, 6) is 0.252. The molecule has 0 saturated heterocycles. The number of carbonyl (C=O) groups excluding carboxylic acids is 1. The summed E-state index contributed by atoms with van der Waals surface area (Å²) in [6.45, 7) is 0.0233. The van der Waals surface area contributed by atoms with E-state index in [4.69, 9.17) is 27.2 Å². The van der Waals surface area contributed by atoms with Gasteiger partial charge < -0.3 is 15.6 Å². The third-order valence-corrected chi connectivity index (χ3v) is 5.50. The summed E-state index contributed by atoms with van der Waals surface area (Å²) < 4.78 is 6.52. The van der Waals surface area contributed by atoms with Crippen LogP contribution >= 0.6 is 11.6 Å². The minimum atomic E-state index is -0.310. The third kappa shape index (κ3) is 5.35. The van der Waals surface area contributed by atoms with Crippen molar-refractivity contribution in [3.05, 3.63) is 82.7 Å². The summed E-state index contributed by atoms with van der Waals surface area (Å²) in [6.07, 6.45) is 2.11. The molecule has 4 aromatic rings. The molecule has 3 heterocycles. The minimum Gasteiger partial charge on any atom is -0.481 e. The average molecular weight is 506 g/mol. The number of aliphatic hydroxyl groups is 1. The van der Waals surface area contributed by atoms with Gasteiger partial charge in [0.1, 0.15) is 0 Å². The molecule has 0 amide bonds. The Morgan fingerprint density at radius 1 is 1.14 bits per heavy atom. The van der Waals surface area contributed by atoms with E-state index in [1.54, 1.807) is 42.5 Å². The van der Waals surface area contributed by atoms with Crippen molar-refractivity contribution in [3.8, 4) is 28.3 Å². The molecule has 0 radical (unpaired) electrons. The van der Waals surface area contributed by atoms with Crippen LogP contribution in [0.1, 0.15) is 11.4 Å². The first kappa shape index (κ1) is 24.8. The molecule has 3 N–H and O–H groups in total. The smallest absolute Gasteiger partial charge is 0.222 e. The number of halogens is 1. The van der Waals surface area contributed by atoms with Crippen LogP contribution in [0.3, 0.4) is 0 Å². The first-order valence-electron chi connectivity index (χ1n) is 10.9. The van der Waals surface area contributed by atoms with E-state index in [0.717, 1.165) is 11.3 Å². The minimum absolute atomic E-state index is 0.0345. The van der Waals surface area contributed by atoms with Gasteiger partial charge in [0, 0.05) is 24.9 Å². The van der Waals surface area contributed by atoms with Gasteiger partial charge >= 0.3 is 0 Å². The van der Waals surface area contributed by atoms with E-state index >= 15 is 0 Å². The first-order valence-corrected chi connectivity index (χ1v) is 11.3. The Bertz CT molecular complexity index is 1420. The second-order valence-electron chi connectivity index (χ2n) is 7.79. The molecule has 3 aromatic heterocycles. The summed E-state index contributed by atoms with van der Waals surface area (Å²) in [6, 6.07) is 16.3. The van der Waals surface area contributed by atoms with E-state index in [9.17, 15) is 9.90 Å². The predicted molar refractivity (Wildman–Crippen MR) is 136 cm³/mol. The second-order valence-corrected chi connectivity index (χ2v) is 8.23. The van der Waals surface area contributed by atoms with Crippen LogP contribution < -0.4 is 16.0 Å². The van der Waals surface area contributed by atoms with Crippen LogP contribution in [0.15, 0.2) is 65.9 Å². The van der Waals surface area contributed by atoms with E-state index in [-0.39, 0.29) is 23.9 Å². The highest BCUT2D eigenvalue weighted by Gasteiger charge is 2.19. The van der Waals surface area contributed by atoms with Crippen molar-refractivity contribution in [1.29, 1.82) is 0 Å². The van der Waals surface area contributed by atoms with E-state index in [0.29, 0.717) is 40.5 Å². The van der Waals surface area contributed by atoms with Crippen LogP contribution in [-0.4, -0.2) is 50.2 Å². The van der Waals surface area contributed by atoms with Crippen LogP contribution in [0, 0.1) is 0 Å². The van der Waals surface area contributed by atoms with Crippen LogP contribution in [-0.2, 0) is 17.9 Å². The number of nitrogen functional groups attached to an aromatic ring is 1.